The molecule has 1 rings (SSSR count). The van der Waals surface area contributed by atoms with Crippen molar-refractivity contribution in [2.24, 2.45) is 5.73 Å². The fourth-order valence-electron chi connectivity index (χ4n) is 2.06. The molecular formula is C15H25ClN2O4. The van der Waals surface area contributed by atoms with Gasteiger partial charge in [0.2, 0.25) is 11.7 Å². The summed E-state index contributed by atoms with van der Waals surface area (Å²) in [6, 6.07) is 3.11. The number of carbonyl (C=O) groups is 1. The first-order valence-electron chi connectivity index (χ1n) is 6.90. The van der Waals surface area contributed by atoms with Gasteiger partial charge in [0.15, 0.2) is 11.5 Å². The van der Waals surface area contributed by atoms with Crippen LogP contribution in [0.1, 0.15) is 25.3 Å². The second-order valence-electron chi connectivity index (χ2n) is 4.61. The Morgan fingerprint density at radius 1 is 1.18 bits per heavy atom. The Kier molecular flexibility index (Phi) is 9.37. The molecule has 0 aliphatic carbocycles. The second-order valence-corrected chi connectivity index (χ2v) is 4.61. The number of benzene rings is 1. The lowest BCUT2D eigenvalue weighted by Gasteiger charge is -2.17. The Balaban J connectivity index is 0.00000441. The second kappa shape index (κ2) is 10.1. The molecule has 0 bridgehead atoms. The summed E-state index contributed by atoms with van der Waals surface area (Å²) >= 11 is 0. The highest BCUT2D eigenvalue weighted by Gasteiger charge is 2.17. The number of nitrogens with two attached hydrogens (primary N) is 1. The van der Waals surface area contributed by atoms with Crippen LogP contribution >= 0.6 is 12.4 Å². The number of carbonyl (C=O) groups excluding carboxylic acids is 1. The van der Waals surface area contributed by atoms with Crippen LogP contribution in [0.4, 0.5) is 0 Å². The zero-order valence-electron chi connectivity index (χ0n) is 13.5. The third-order valence-corrected chi connectivity index (χ3v) is 3.18. The predicted molar refractivity (Wildman–Crippen MR) is 88.1 cm³/mol. The van der Waals surface area contributed by atoms with Gasteiger partial charge in [-0.05, 0) is 18.6 Å². The smallest absolute Gasteiger partial charge is 0.237 e. The Morgan fingerprint density at radius 3 is 2.32 bits per heavy atom. The van der Waals surface area contributed by atoms with E-state index >= 15 is 0 Å². The van der Waals surface area contributed by atoms with Crippen LogP contribution in [0.25, 0.3) is 0 Å². The number of halogens is 1. The average molecular weight is 333 g/mol. The molecule has 0 aliphatic heterocycles. The quantitative estimate of drug-likeness (QED) is 0.759. The minimum atomic E-state index is -0.485. The molecule has 1 aromatic carbocycles. The van der Waals surface area contributed by atoms with Gasteiger partial charge >= 0.3 is 0 Å². The van der Waals surface area contributed by atoms with E-state index < -0.39 is 6.04 Å². The lowest BCUT2D eigenvalue weighted by molar-refractivity contribution is -0.122. The van der Waals surface area contributed by atoms with Gasteiger partial charge in [-0.2, -0.15) is 0 Å². The fraction of sp³-hybridized carbons (Fsp3) is 0.533. The van der Waals surface area contributed by atoms with E-state index in [1.165, 1.54) is 0 Å². The molecule has 0 heterocycles. The first-order valence-corrected chi connectivity index (χ1v) is 6.90. The minimum absolute atomic E-state index is 0. The van der Waals surface area contributed by atoms with Crippen molar-refractivity contribution in [2.75, 3.05) is 21.3 Å². The van der Waals surface area contributed by atoms with Crippen LogP contribution in [-0.4, -0.2) is 33.3 Å². The Morgan fingerprint density at radius 2 is 1.82 bits per heavy atom. The summed E-state index contributed by atoms with van der Waals surface area (Å²) in [4.78, 5) is 11.9. The number of ether oxygens (including phenoxy) is 3. The van der Waals surface area contributed by atoms with Crippen LogP contribution in [0.5, 0.6) is 17.2 Å². The molecular weight excluding hydrogens is 308 g/mol. The summed E-state index contributed by atoms with van der Waals surface area (Å²) in [5.74, 6) is 1.45. The van der Waals surface area contributed by atoms with Crippen molar-refractivity contribution < 1.29 is 19.0 Å². The summed E-state index contributed by atoms with van der Waals surface area (Å²) in [7, 11) is 4.65. The maximum atomic E-state index is 11.9. The van der Waals surface area contributed by atoms with Gasteiger partial charge < -0.3 is 25.3 Å². The molecule has 126 valence electrons. The lowest BCUT2D eigenvalue weighted by atomic mass is 10.1. The highest BCUT2D eigenvalue weighted by atomic mass is 35.5. The van der Waals surface area contributed by atoms with E-state index in [1.807, 2.05) is 13.0 Å². The molecule has 1 atom stereocenters. The maximum absolute atomic E-state index is 11.9. The Bertz CT molecular complexity index is 483. The predicted octanol–water partition coefficient (Wildman–Crippen LogP) is 1.88. The van der Waals surface area contributed by atoms with Crippen LogP contribution < -0.4 is 25.3 Å². The molecule has 0 saturated heterocycles. The number of methoxy groups -OCH3 is 3. The van der Waals surface area contributed by atoms with Crippen molar-refractivity contribution >= 4 is 18.3 Å². The van der Waals surface area contributed by atoms with Crippen LogP contribution in [0, 0.1) is 0 Å². The summed E-state index contributed by atoms with van der Waals surface area (Å²) in [6.07, 6.45) is 1.53. The van der Waals surface area contributed by atoms with Crippen LogP contribution in [0.15, 0.2) is 12.1 Å². The van der Waals surface area contributed by atoms with Gasteiger partial charge in [0.25, 0.3) is 0 Å². The number of rotatable bonds is 8. The van der Waals surface area contributed by atoms with Crippen molar-refractivity contribution in [2.45, 2.75) is 32.4 Å². The molecule has 6 nitrogen and oxygen atoms in total. The molecule has 0 aromatic heterocycles. The van der Waals surface area contributed by atoms with E-state index in [0.29, 0.717) is 30.2 Å². The number of hydrogen-bond acceptors (Lipinski definition) is 5. The SMILES string of the molecule is CCCC(N)C(=O)NCc1ccc(OC)c(OC)c1OC.Cl. The monoisotopic (exact) mass is 332 g/mol. The molecule has 0 saturated carbocycles. The molecule has 1 unspecified atom stereocenters. The van der Waals surface area contributed by atoms with Crippen molar-refractivity contribution in [3.05, 3.63) is 17.7 Å². The van der Waals surface area contributed by atoms with Gasteiger partial charge in [-0.3, -0.25) is 4.79 Å². The molecule has 7 heteroatoms. The minimum Gasteiger partial charge on any atom is -0.493 e. The van der Waals surface area contributed by atoms with E-state index in [-0.39, 0.29) is 18.3 Å². The fourth-order valence-corrected chi connectivity index (χ4v) is 2.06. The summed E-state index contributed by atoms with van der Waals surface area (Å²) in [6.45, 7) is 2.31. The molecule has 0 aliphatic rings. The highest BCUT2D eigenvalue weighted by Crippen LogP contribution is 2.39. The highest BCUT2D eigenvalue weighted by molar-refractivity contribution is 5.85. The standard InChI is InChI=1S/C15H24N2O4.ClH/c1-5-6-11(16)15(18)17-9-10-7-8-12(19-2)14(21-4)13(10)20-3;/h7-8,11H,5-6,9,16H2,1-4H3,(H,17,18);1H. The van der Waals surface area contributed by atoms with E-state index in [2.05, 4.69) is 5.32 Å². The van der Waals surface area contributed by atoms with E-state index in [1.54, 1.807) is 27.4 Å². The van der Waals surface area contributed by atoms with Crippen LogP contribution in [-0.2, 0) is 11.3 Å². The van der Waals surface area contributed by atoms with Gasteiger partial charge in [0.05, 0.1) is 27.4 Å². The van der Waals surface area contributed by atoms with E-state index in [9.17, 15) is 4.79 Å². The van der Waals surface area contributed by atoms with Crippen molar-refractivity contribution in [3.63, 3.8) is 0 Å². The summed E-state index contributed by atoms with van der Waals surface area (Å²) in [5.41, 5.74) is 6.57. The topological polar surface area (TPSA) is 82.8 Å². The first kappa shape index (κ1) is 20.3. The van der Waals surface area contributed by atoms with Crippen molar-refractivity contribution in [1.82, 2.24) is 5.32 Å². The third kappa shape index (κ3) is 4.96. The normalized spacial score (nSPS) is 11.1. The Labute approximate surface area is 137 Å². The largest absolute Gasteiger partial charge is 0.493 e. The molecule has 0 radical (unpaired) electrons. The third-order valence-electron chi connectivity index (χ3n) is 3.18. The summed E-state index contributed by atoms with van der Waals surface area (Å²) in [5, 5.41) is 2.81. The average Bonchev–Trinajstić information content (AvgIpc) is 2.51. The zero-order chi connectivity index (χ0) is 15.8. The van der Waals surface area contributed by atoms with E-state index in [4.69, 9.17) is 19.9 Å². The maximum Gasteiger partial charge on any atom is 0.237 e. The molecule has 3 N–H and O–H groups in total. The van der Waals surface area contributed by atoms with Gasteiger partial charge in [-0.25, -0.2) is 0 Å². The van der Waals surface area contributed by atoms with Crippen LogP contribution in [0.3, 0.4) is 0 Å². The van der Waals surface area contributed by atoms with E-state index in [0.717, 1.165) is 12.0 Å². The summed E-state index contributed by atoms with van der Waals surface area (Å²) < 4.78 is 15.9. The zero-order valence-corrected chi connectivity index (χ0v) is 14.3. The molecule has 0 spiro atoms. The van der Waals surface area contributed by atoms with Gasteiger partial charge in [-0.1, -0.05) is 13.3 Å². The van der Waals surface area contributed by atoms with Gasteiger partial charge in [0.1, 0.15) is 0 Å². The first-order chi connectivity index (χ1) is 10.1. The molecule has 1 amide bonds. The number of nitrogens with one attached hydrogen (secondary N) is 1. The number of amides is 1. The Hall–Kier alpha value is -1.66. The van der Waals surface area contributed by atoms with Crippen molar-refractivity contribution in [1.29, 1.82) is 0 Å². The molecule has 22 heavy (non-hydrogen) atoms. The number of hydrogen-bond donors (Lipinski definition) is 2. The molecule has 0 fully saturated rings. The van der Waals surface area contributed by atoms with Gasteiger partial charge in [0, 0.05) is 12.1 Å². The molecule has 1 aromatic rings. The van der Waals surface area contributed by atoms with Crippen LogP contribution in [0.2, 0.25) is 0 Å². The van der Waals surface area contributed by atoms with Gasteiger partial charge in [-0.15, -0.1) is 12.4 Å². The van der Waals surface area contributed by atoms with Crippen molar-refractivity contribution in [3.8, 4) is 17.2 Å². The lowest BCUT2D eigenvalue weighted by Crippen LogP contribution is -2.40.